The van der Waals surface area contributed by atoms with Gasteiger partial charge in [-0.15, -0.1) is 0 Å². The molecular weight excluding hydrogens is 322 g/mol. The maximum Gasteiger partial charge on any atom is 0.270 e. The average molecular weight is 338 g/mol. The molecule has 1 heterocycles. The highest BCUT2D eigenvalue weighted by Crippen LogP contribution is 2.16. The third-order valence-electron chi connectivity index (χ3n) is 3.61. The molecule has 120 valence electrons. The molecule has 0 atom stereocenters. The molecule has 3 rings (SSSR count). The van der Waals surface area contributed by atoms with Crippen LogP contribution < -0.4 is 5.32 Å². The molecule has 3 aromatic rings. The van der Waals surface area contributed by atoms with Gasteiger partial charge in [0.25, 0.3) is 5.91 Å². The predicted molar refractivity (Wildman–Crippen MR) is 95.0 cm³/mol. The van der Waals surface area contributed by atoms with Crippen molar-refractivity contribution < 1.29 is 4.79 Å². The molecule has 0 radical (unpaired) electrons. The second-order valence-electron chi connectivity index (χ2n) is 5.25. The quantitative estimate of drug-likeness (QED) is 0.771. The Labute approximate surface area is 145 Å². The molecule has 1 N–H and O–H groups in total. The molecule has 1 amide bonds. The minimum Gasteiger partial charge on any atom is -0.350 e. The fourth-order valence-electron chi connectivity index (χ4n) is 2.35. The lowest BCUT2D eigenvalue weighted by Gasteiger charge is -2.07. The van der Waals surface area contributed by atoms with Crippen LogP contribution in [0.1, 0.15) is 16.1 Å². The van der Waals surface area contributed by atoms with Crippen LogP contribution in [-0.4, -0.2) is 22.4 Å². The SMILES string of the molecule is O=C(NCCc1ccccc1Cl)c1cc(-c2ccccc2)ncn1. The second kappa shape index (κ2) is 7.70. The van der Waals surface area contributed by atoms with Gasteiger partial charge in [0.05, 0.1) is 5.69 Å². The number of hydrogen-bond acceptors (Lipinski definition) is 3. The van der Waals surface area contributed by atoms with E-state index in [2.05, 4.69) is 15.3 Å². The van der Waals surface area contributed by atoms with Crippen molar-refractivity contribution in [1.29, 1.82) is 0 Å². The Bertz CT molecular complexity index is 837. The van der Waals surface area contributed by atoms with Gasteiger partial charge in [-0.05, 0) is 24.1 Å². The molecule has 0 fully saturated rings. The first-order chi connectivity index (χ1) is 11.7. The van der Waals surface area contributed by atoms with Crippen molar-refractivity contribution in [1.82, 2.24) is 15.3 Å². The number of nitrogens with one attached hydrogen (secondary N) is 1. The zero-order valence-electron chi connectivity index (χ0n) is 12.9. The molecule has 0 spiro atoms. The summed E-state index contributed by atoms with van der Waals surface area (Å²) in [6.45, 7) is 0.493. The second-order valence-corrected chi connectivity index (χ2v) is 5.66. The predicted octanol–water partition coefficient (Wildman–Crippen LogP) is 3.77. The Balaban J connectivity index is 1.64. The van der Waals surface area contributed by atoms with Gasteiger partial charge < -0.3 is 5.32 Å². The van der Waals surface area contributed by atoms with E-state index in [9.17, 15) is 4.79 Å². The first-order valence-corrected chi connectivity index (χ1v) is 8.01. The van der Waals surface area contributed by atoms with Crippen molar-refractivity contribution in [3.05, 3.63) is 83.3 Å². The number of nitrogens with zero attached hydrogens (tertiary/aromatic N) is 2. The van der Waals surface area contributed by atoms with Crippen molar-refractivity contribution in [3.63, 3.8) is 0 Å². The highest BCUT2D eigenvalue weighted by atomic mass is 35.5. The van der Waals surface area contributed by atoms with Crippen molar-refractivity contribution in [3.8, 4) is 11.3 Å². The van der Waals surface area contributed by atoms with Gasteiger partial charge in [-0.25, -0.2) is 9.97 Å². The van der Waals surface area contributed by atoms with E-state index in [4.69, 9.17) is 11.6 Å². The van der Waals surface area contributed by atoms with E-state index in [1.54, 1.807) is 6.07 Å². The molecule has 0 saturated carbocycles. The molecule has 0 aliphatic rings. The van der Waals surface area contributed by atoms with Crippen LogP contribution in [0.3, 0.4) is 0 Å². The summed E-state index contributed by atoms with van der Waals surface area (Å²) in [4.78, 5) is 20.6. The minimum absolute atomic E-state index is 0.221. The van der Waals surface area contributed by atoms with Crippen molar-refractivity contribution >= 4 is 17.5 Å². The largest absolute Gasteiger partial charge is 0.350 e. The molecule has 24 heavy (non-hydrogen) atoms. The molecule has 0 aliphatic heterocycles. The van der Waals surface area contributed by atoms with Crippen LogP contribution in [0.25, 0.3) is 11.3 Å². The van der Waals surface area contributed by atoms with Crippen LogP contribution in [-0.2, 0) is 6.42 Å². The Hall–Kier alpha value is -2.72. The molecule has 5 heteroatoms. The maximum absolute atomic E-state index is 12.3. The van der Waals surface area contributed by atoms with Crippen LogP contribution in [0, 0.1) is 0 Å². The molecule has 2 aromatic carbocycles. The van der Waals surface area contributed by atoms with E-state index in [0.717, 1.165) is 16.8 Å². The van der Waals surface area contributed by atoms with Crippen LogP contribution >= 0.6 is 11.6 Å². The maximum atomic E-state index is 12.3. The molecule has 0 saturated heterocycles. The molecule has 0 unspecified atom stereocenters. The van der Waals surface area contributed by atoms with E-state index in [1.807, 2.05) is 54.6 Å². The number of amides is 1. The smallest absolute Gasteiger partial charge is 0.270 e. The first kappa shape index (κ1) is 16.1. The minimum atomic E-state index is -0.221. The lowest BCUT2D eigenvalue weighted by Crippen LogP contribution is -2.26. The van der Waals surface area contributed by atoms with Gasteiger partial charge in [-0.1, -0.05) is 60.1 Å². The van der Waals surface area contributed by atoms with E-state index in [1.165, 1.54) is 6.33 Å². The van der Waals surface area contributed by atoms with Gasteiger partial charge in [-0.2, -0.15) is 0 Å². The van der Waals surface area contributed by atoms with E-state index in [-0.39, 0.29) is 5.91 Å². The molecular formula is C19H16ClN3O. The number of carbonyl (C=O) groups excluding carboxylic acids is 1. The van der Waals surface area contributed by atoms with Gasteiger partial charge in [0.15, 0.2) is 0 Å². The summed E-state index contributed by atoms with van der Waals surface area (Å²) in [5.41, 5.74) is 3.03. The van der Waals surface area contributed by atoms with Gasteiger partial charge in [0.2, 0.25) is 0 Å². The highest BCUT2D eigenvalue weighted by Gasteiger charge is 2.09. The third kappa shape index (κ3) is 3.97. The number of halogens is 1. The standard InChI is InChI=1S/C19H16ClN3O/c20-16-9-5-4-6-14(16)10-11-21-19(24)18-12-17(22-13-23-18)15-7-2-1-3-8-15/h1-9,12-13H,10-11H2,(H,21,24). The van der Waals surface area contributed by atoms with Gasteiger partial charge in [0, 0.05) is 17.1 Å². The van der Waals surface area contributed by atoms with Crippen molar-refractivity contribution in [2.24, 2.45) is 0 Å². The number of aromatic nitrogens is 2. The lowest BCUT2D eigenvalue weighted by atomic mass is 10.1. The molecule has 0 bridgehead atoms. The van der Waals surface area contributed by atoms with Gasteiger partial charge >= 0.3 is 0 Å². The Morgan fingerprint density at radius 2 is 1.75 bits per heavy atom. The summed E-state index contributed by atoms with van der Waals surface area (Å²) in [6, 6.07) is 19.0. The Morgan fingerprint density at radius 3 is 2.54 bits per heavy atom. The van der Waals surface area contributed by atoms with E-state index in [0.29, 0.717) is 23.7 Å². The summed E-state index contributed by atoms with van der Waals surface area (Å²) in [5.74, 6) is -0.221. The molecule has 4 nitrogen and oxygen atoms in total. The van der Waals surface area contributed by atoms with Gasteiger partial charge in [0.1, 0.15) is 12.0 Å². The first-order valence-electron chi connectivity index (χ1n) is 7.63. The number of benzene rings is 2. The summed E-state index contributed by atoms with van der Waals surface area (Å²) < 4.78 is 0. The zero-order chi connectivity index (χ0) is 16.8. The van der Waals surface area contributed by atoms with Crippen molar-refractivity contribution in [2.75, 3.05) is 6.54 Å². The fraction of sp³-hybridized carbons (Fsp3) is 0.105. The summed E-state index contributed by atoms with van der Waals surface area (Å²) in [6.07, 6.45) is 2.08. The van der Waals surface area contributed by atoms with E-state index < -0.39 is 0 Å². The van der Waals surface area contributed by atoms with Crippen LogP contribution in [0.15, 0.2) is 67.0 Å². The topological polar surface area (TPSA) is 54.9 Å². The fourth-order valence-corrected chi connectivity index (χ4v) is 2.58. The summed E-state index contributed by atoms with van der Waals surface area (Å²) in [5, 5.41) is 3.57. The average Bonchev–Trinajstić information content (AvgIpc) is 2.64. The number of carbonyl (C=O) groups is 1. The lowest BCUT2D eigenvalue weighted by molar-refractivity contribution is 0.0949. The molecule has 0 aliphatic carbocycles. The van der Waals surface area contributed by atoms with Crippen LogP contribution in [0.5, 0.6) is 0 Å². The van der Waals surface area contributed by atoms with Crippen LogP contribution in [0.2, 0.25) is 5.02 Å². The van der Waals surface area contributed by atoms with Crippen LogP contribution in [0.4, 0.5) is 0 Å². The van der Waals surface area contributed by atoms with Gasteiger partial charge in [-0.3, -0.25) is 4.79 Å². The number of rotatable bonds is 5. The Morgan fingerprint density at radius 1 is 1.00 bits per heavy atom. The monoisotopic (exact) mass is 337 g/mol. The van der Waals surface area contributed by atoms with Crippen molar-refractivity contribution in [2.45, 2.75) is 6.42 Å². The summed E-state index contributed by atoms with van der Waals surface area (Å²) in [7, 11) is 0. The third-order valence-corrected chi connectivity index (χ3v) is 3.98. The molecule has 1 aromatic heterocycles. The normalized spacial score (nSPS) is 10.4. The van der Waals surface area contributed by atoms with E-state index >= 15 is 0 Å². The zero-order valence-corrected chi connectivity index (χ0v) is 13.7. The summed E-state index contributed by atoms with van der Waals surface area (Å²) >= 11 is 6.11. The Kier molecular flexibility index (Phi) is 5.18. The highest BCUT2D eigenvalue weighted by molar-refractivity contribution is 6.31. The number of hydrogen-bond donors (Lipinski definition) is 1.